The average Bonchev–Trinajstić information content (AvgIpc) is 2.71. The Hall–Kier alpha value is -2.54. The first-order valence-corrected chi connectivity index (χ1v) is 12.0. The predicted molar refractivity (Wildman–Crippen MR) is 119 cm³/mol. The van der Waals surface area contributed by atoms with E-state index in [2.05, 4.69) is 11.6 Å². The number of rotatable bonds is 13. The number of hydrogen-bond donors (Lipinski definition) is 3. The van der Waals surface area contributed by atoms with Gasteiger partial charge >= 0.3 is 5.97 Å². The molecule has 0 radical (unpaired) electrons. The van der Waals surface area contributed by atoms with Crippen molar-refractivity contribution in [3.63, 3.8) is 0 Å². The van der Waals surface area contributed by atoms with E-state index in [4.69, 9.17) is 5.11 Å². The number of phenols is 1. The highest BCUT2D eigenvalue weighted by atomic mass is 32.2. The lowest BCUT2D eigenvalue weighted by atomic mass is 10.0. The third-order valence-corrected chi connectivity index (χ3v) is 6.41. The largest absolute Gasteiger partial charge is 0.507 e. The van der Waals surface area contributed by atoms with E-state index in [0.717, 1.165) is 30.5 Å². The lowest BCUT2D eigenvalue weighted by Crippen LogP contribution is -2.13. The van der Waals surface area contributed by atoms with E-state index in [9.17, 15) is 18.3 Å². The molecule has 0 spiro atoms. The Morgan fingerprint density at radius 2 is 1.50 bits per heavy atom. The fourth-order valence-corrected chi connectivity index (χ4v) is 4.35. The zero-order valence-corrected chi connectivity index (χ0v) is 18.2. The van der Waals surface area contributed by atoms with Gasteiger partial charge in [-0.1, -0.05) is 64.0 Å². The van der Waals surface area contributed by atoms with Crippen LogP contribution in [0.25, 0.3) is 0 Å². The van der Waals surface area contributed by atoms with E-state index < -0.39 is 27.3 Å². The van der Waals surface area contributed by atoms with Crippen molar-refractivity contribution in [2.45, 2.75) is 69.6 Å². The number of benzene rings is 2. The van der Waals surface area contributed by atoms with Gasteiger partial charge in [0.05, 0.1) is 4.90 Å². The van der Waals surface area contributed by atoms with Crippen LogP contribution >= 0.6 is 0 Å². The van der Waals surface area contributed by atoms with Crippen LogP contribution in [0.3, 0.4) is 0 Å². The number of hydrogen-bond acceptors (Lipinski definition) is 4. The van der Waals surface area contributed by atoms with Crippen molar-refractivity contribution in [3.05, 3.63) is 53.6 Å². The summed E-state index contributed by atoms with van der Waals surface area (Å²) in [7, 11) is -3.96. The number of carbonyl (C=O) groups is 1. The van der Waals surface area contributed by atoms with Crippen molar-refractivity contribution in [1.29, 1.82) is 0 Å². The highest BCUT2D eigenvalue weighted by molar-refractivity contribution is 7.92. The molecular weight excluding hydrogens is 402 g/mol. The highest BCUT2D eigenvalue weighted by Gasteiger charge is 2.19. The van der Waals surface area contributed by atoms with Crippen LogP contribution in [-0.2, 0) is 16.4 Å². The summed E-state index contributed by atoms with van der Waals surface area (Å²) in [5, 5.41) is 18.6. The fourth-order valence-electron chi connectivity index (χ4n) is 3.27. The lowest BCUT2D eigenvalue weighted by Gasteiger charge is -2.10. The molecule has 0 aromatic heterocycles. The van der Waals surface area contributed by atoms with E-state index in [1.54, 1.807) is 12.1 Å². The number of sulfonamides is 1. The average molecular weight is 434 g/mol. The van der Waals surface area contributed by atoms with Gasteiger partial charge in [-0.3, -0.25) is 4.72 Å². The Morgan fingerprint density at radius 1 is 0.900 bits per heavy atom. The number of aryl methyl sites for hydroxylation is 1. The first-order valence-electron chi connectivity index (χ1n) is 10.5. The Morgan fingerprint density at radius 3 is 2.10 bits per heavy atom. The molecule has 2 aromatic carbocycles. The molecule has 0 aliphatic rings. The summed E-state index contributed by atoms with van der Waals surface area (Å²) in [6, 6.07) is 10.4. The maximum atomic E-state index is 12.5. The predicted octanol–water partition coefficient (Wildman–Crippen LogP) is 5.57. The molecule has 0 saturated carbocycles. The standard InChI is InChI=1S/C23H31NO5S/c1-2-3-4-5-6-7-8-9-10-18-11-13-19(14-12-18)24-30(28,29)20-15-16-22(25)21(17-20)23(26)27/h11-17,24-25H,2-10H2,1H3,(H,26,27). The van der Waals surface area contributed by atoms with Crippen LogP contribution in [0.5, 0.6) is 5.75 Å². The molecule has 0 amide bonds. The van der Waals surface area contributed by atoms with E-state index in [1.165, 1.54) is 51.0 Å². The smallest absolute Gasteiger partial charge is 0.339 e. The normalized spacial score (nSPS) is 11.4. The zero-order valence-electron chi connectivity index (χ0n) is 17.4. The Balaban J connectivity index is 1.86. The second kappa shape index (κ2) is 11.6. The highest BCUT2D eigenvalue weighted by Crippen LogP contribution is 2.23. The van der Waals surface area contributed by atoms with E-state index in [0.29, 0.717) is 5.69 Å². The van der Waals surface area contributed by atoms with Gasteiger partial charge in [0.2, 0.25) is 0 Å². The van der Waals surface area contributed by atoms with Crippen molar-refractivity contribution in [2.75, 3.05) is 4.72 Å². The van der Waals surface area contributed by atoms with Crippen LogP contribution in [0.4, 0.5) is 5.69 Å². The summed E-state index contributed by atoms with van der Waals surface area (Å²) in [5.41, 5.74) is 1.10. The molecule has 0 fully saturated rings. The summed E-state index contributed by atoms with van der Waals surface area (Å²) in [6.07, 6.45) is 11.1. The number of unbranched alkanes of at least 4 members (excludes halogenated alkanes) is 7. The molecule has 0 aliphatic heterocycles. The van der Waals surface area contributed by atoms with Crippen LogP contribution in [0, 0.1) is 0 Å². The molecule has 0 heterocycles. The monoisotopic (exact) mass is 433 g/mol. The zero-order chi connectivity index (χ0) is 22.0. The van der Waals surface area contributed by atoms with Gasteiger partial charge in [-0.05, 0) is 48.7 Å². The van der Waals surface area contributed by atoms with Gasteiger partial charge in [-0.15, -0.1) is 0 Å². The van der Waals surface area contributed by atoms with Gasteiger partial charge in [0, 0.05) is 5.69 Å². The Labute approximate surface area is 179 Å². The van der Waals surface area contributed by atoms with Crippen LogP contribution in [-0.4, -0.2) is 24.6 Å². The van der Waals surface area contributed by atoms with Gasteiger partial charge in [0.1, 0.15) is 11.3 Å². The number of carboxylic acids is 1. The van der Waals surface area contributed by atoms with Crippen molar-refractivity contribution in [3.8, 4) is 5.75 Å². The fraction of sp³-hybridized carbons (Fsp3) is 0.435. The van der Waals surface area contributed by atoms with Crippen LogP contribution < -0.4 is 4.72 Å². The van der Waals surface area contributed by atoms with Crippen molar-refractivity contribution < 1.29 is 23.4 Å². The molecule has 6 nitrogen and oxygen atoms in total. The number of carboxylic acid groups (broad SMARTS) is 1. The summed E-state index contributed by atoms with van der Waals surface area (Å²) < 4.78 is 27.5. The van der Waals surface area contributed by atoms with Crippen LogP contribution in [0.2, 0.25) is 0 Å². The van der Waals surface area contributed by atoms with Gasteiger partial charge in [-0.2, -0.15) is 0 Å². The summed E-state index contributed by atoms with van der Waals surface area (Å²) in [5.74, 6) is -1.87. The first-order chi connectivity index (χ1) is 14.3. The molecule has 0 unspecified atom stereocenters. The lowest BCUT2D eigenvalue weighted by molar-refractivity contribution is 0.0693. The second-order valence-corrected chi connectivity index (χ2v) is 9.19. The third kappa shape index (κ3) is 7.37. The topological polar surface area (TPSA) is 104 Å². The van der Waals surface area contributed by atoms with Gasteiger partial charge in [0.25, 0.3) is 10.0 Å². The maximum Gasteiger partial charge on any atom is 0.339 e. The Bertz CT molecular complexity index is 923. The first kappa shape index (κ1) is 23.7. The summed E-state index contributed by atoms with van der Waals surface area (Å²) in [4.78, 5) is 10.9. The Kier molecular flexibility index (Phi) is 9.17. The molecule has 2 rings (SSSR count). The van der Waals surface area contributed by atoms with E-state index >= 15 is 0 Å². The number of nitrogens with one attached hydrogen (secondary N) is 1. The molecule has 0 aliphatic carbocycles. The van der Waals surface area contributed by atoms with Crippen molar-refractivity contribution in [2.24, 2.45) is 0 Å². The van der Waals surface area contributed by atoms with Crippen LogP contribution in [0.1, 0.15) is 74.2 Å². The quantitative estimate of drug-likeness (QED) is 0.358. The molecule has 0 atom stereocenters. The SMILES string of the molecule is CCCCCCCCCCc1ccc(NS(=O)(=O)c2ccc(O)c(C(=O)O)c2)cc1. The van der Waals surface area contributed by atoms with Gasteiger partial charge < -0.3 is 10.2 Å². The number of anilines is 1. The molecule has 7 heteroatoms. The van der Waals surface area contributed by atoms with Crippen LogP contribution in [0.15, 0.2) is 47.4 Å². The molecule has 0 bridgehead atoms. The summed E-state index contributed by atoms with van der Waals surface area (Å²) in [6.45, 7) is 2.22. The second-order valence-electron chi connectivity index (χ2n) is 7.51. The number of aromatic hydroxyl groups is 1. The summed E-state index contributed by atoms with van der Waals surface area (Å²) >= 11 is 0. The molecule has 30 heavy (non-hydrogen) atoms. The van der Waals surface area contributed by atoms with Crippen molar-refractivity contribution in [1.82, 2.24) is 0 Å². The molecule has 0 saturated heterocycles. The maximum absolute atomic E-state index is 12.5. The molecule has 2 aromatic rings. The minimum Gasteiger partial charge on any atom is -0.507 e. The van der Waals surface area contributed by atoms with Crippen molar-refractivity contribution >= 4 is 21.7 Å². The van der Waals surface area contributed by atoms with E-state index in [1.807, 2.05) is 12.1 Å². The van der Waals surface area contributed by atoms with Gasteiger partial charge in [0.15, 0.2) is 0 Å². The number of aromatic carboxylic acids is 1. The third-order valence-electron chi connectivity index (χ3n) is 5.03. The molecule has 3 N–H and O–H groups in total. The molecular formula is C23H31NO5S. The van der Waals surface area contributed by atoms with E-state index in [-0.39, 0.29) is 4.90 Å². The molecule has 164 valence electrons. The minimum atomic E-state index is -3.96. The minimum absolute atomic E-state index is 0.222. The van der Waals surface area contributed by atoms with Gasteiger partial charge in [-0.25, -0.2) is 13.2 Å².